The lowest BCUT2D eigenvalue weighted by Crippen LogP contribution is -2.52. The molecule has 3 aliphatic rings. The van der Waals surface area contributed by atoms with E-state index >= 15 is 0 Å². The predicted octanol–water partition coefficient (Wildman–Crippen LogP) is 1.47. The average Bonchev–Trinajstić information content (AvgIpc) is 3.04. The first-order valence-electron chi connectivity index (χ1n) is 10.5. The van der Waals surface area contributed by atoms with Gasteiger partial charge in [-0.25, -0.2) is 0 Å². The number of rotatable bonds is 5. The predicted molar refractivity (Wildman–Crippen MR) is 105 cm³/mol. The van der Waals surface area contributed by atoms with E-state index in [1.54, 1.807) is 18.2 Å². The highest BCUT2D eigenvalue weighted by Gasteiger charge is 2.44. The van der Waals surface area contributed by atoms with Gasteiger partial charge in [0.1, 0.15) is 12.1 Å². The van der Waals surface area contributed by atoms with Crippen LogP contribution >= 0.6 is 0 Å². The lowest BCUT2D eigenvalue weighted by Gasteiger charge is -2.32. The minimum Gasteiger partial charge on any atom is -0.322 e. The molecular formula is C21H25F3N4O3. The third-order valence-electron chi connectivity index (χ3n) is 6.33. The van der Waals surface area contributed by atoms with Gasteiger partial charge in [0.25, 0.3) is 5.91 Å². The van der Waals surface area contributed by atoms with Crippen LogP contribution in [0.5, 0.6) is 0 Å². The summed E-state index contributed by atoms with van der Waals surface area (Å²) in [6.07, 6.45) is -3.00. The third-order valence-corrected chi connectivity index (χ3v) is 6.33. The maximum atomic E-state index is 13.6. The second kappa shape index (κ2) is 8.58. The molecule has 2 saturated heterocycles. The smallest absolute Gasteiger partial charge is 0.322 e. The number of hydrogen-bond donors (Lipinski definition) is 3. The van der Waals surface area contributed by atoms with E-state index < -0.39 is 30.1 Å². The van der Waals surface area contributed by atoms with Crippen LogP contribution in [0.25, 0.3) is 0 Å². The lowest BCUT2D eigenvalue weighted by molar-refractivity contribution is -0.170. The number of hydrogen-bond acceptors (Lipinski definition) is 5. The van der Waals surface area contributed by atoms with Crippen molar-refractivity contribution < 1.29 is 27.6 Å². The van der Waals surface area contributed by atoms with Crippen molar-refractivity contribution in [2.75, 3.05) is 13.1 Å². The van der Waals surface area contributed by atoms with Crippen LogP contribution in [0, 0.1) is 5.92 Å². The van der Waals surface area contributed by atoms with Crippen molar-refractivity contribution in [3.63, 3.8) is 0 Å². The molecule has 2 unspecified atom stereocenters. The number of carbonyl (C=O) groups excluding carboxylic acids is 3. The molecule has 0 radical (unpaired) electrons. The molecule has 1 aromatic carbocycles. The highest BCUT2D eigenvalue weighted by atomic mass is 19.4. The number of nitrogens with zero attached hydrogens (tertiary/aromatic N) is 1. The molecule has 168 valence electrons. The first-order valence-corrected chi connectivity index (χ1v) is 10.5. The summed E-state index contributed by atoms with van der Waals surface area (Å²) < 4.78 is 40.8. The molecule has 0 saturated carbocycles. The fraction of sp³-hybridized carbons (Fsp3) is 0.571. The van der Waals surface area contributed by atoms with E-state index in [0.29, 0.717) is 37.1 Å². The molecule has 3 heterocycles. The van der Waals surface area contributed by atoms with Crippen LogP contribution in [0.4, 0.5) is 13.2 Å². The summed E-state index contributed by atoms with van der Waals surface area (Å²) in [5.41, 5.74) is 1.71. The van der Waals surface area contributed by atoms with Gasteiger partial charge in [0.2, 0.25) is 11.8 Å². The number of nitrogens with one attached hydrogen (secondary N) is 3. The molecule has 31 heavy (non-hydrogen) atoms. The molecule has 2 atom stereocenters. The Bertz CT molecular complexity index is 883. The van der Waals surface area contributed by atoms with E-state index in [-0.39, 0.29) is 37.7 Å². The van der Waals surface area contributed by atoms with E-state index in [2.05, 4.69) is 16.0 Å². The van der Waals surface area contributed by atoms with Crippen LogP contribution in [0.1, 0.15) is 47.2 Å². The van der Waals surface area contributed by atoms with Gasteiger partial charge >= 0.3 is 6.18 Å². The summed E-state index contributed by atoms with van der Waals surface area (Å²) in [4.78, 5) is 37.8. The van der Waals surface area contributed by atoms with Crippen molar-refractivity contribution >= 4 is 17.7 Å². The number of halogens is 3. The molecule has 4 rings (SSSR count). The van der Waals surface area contributed by atoms with Crippen LogP contribution in [-0.4, -0.2) is 54.0 Å². The molecule has 1 aromatic rings. The molecule has 0 spiro atoms. The number of carbonyl (C=O) groups is 3. The van der Waals surface area contributed by atoms with Gasteiger partial charge in [-0.3, -0.25) is 19.7 Å². The Hall–Kier alpha value is -2.46. The molecule has 0 aromatic heterocycles. The molecule has 0 aliphatic carbocycles. The van der Waals surface area contributed by atoms with Gasteiger partial charge in [0, 0.05) is 25.1 Å². The fourth-order valence-electron chi connectivity index (χ4n) is 4.67. The molecule has 3 amide bonds. The van der Waals surface area contributed by atoms with Gasteiger partial charge in [-0.1, -0.05) is 12.1 Å². The normalized spacial score (nSPS) is 23.6. The molecular weight excluding hydrogens is 413 g/mol. The van der Waals surface area contributed by atoms with Gasteiger partial charge in [-0.2, -0.15) is 13.2 Å². The zero-order valence-electron chi connectivity index (χ0n) is 16.9. The number of benzene rings is 1. The van der Waals surface area contributed by atoms with Crippen molar-refractivity contribution in [1.82, 2.24) is 20.9 Å². The van der Waals surface area contributed by atoms with Gasteiger partial charge in [0.05, 0.1) is 0 Å². The summed E-state index contributed by atoms with van der Waals surface area (Å²) in [5, 5.41) is 7.99. The number of piperidine rings is 2. The van der Waals surface area contributed by atoms with Crippen molar-refractivity contribution in [2.24, 2.45) is 5.92 Å². The molecule has 3 N–H and O–H groups in total. The highest BCUT2D eigenvalue weighted by Crippen LogP contribution is 2.31. The number of alkyl halides is 3. The number of imide groups is 1. The zero-order valence-corrected chi connectivity index (χ0v) is 16.9. The standard InChI is InChI=1S/C21H25F3N4O3/c22-21(23,24)18(13-5-7-25-8-6-13)26-10-12-1-2-14-11-28(20(31)15(14)9-12)16-3-4-17(29)27-19(16)30/h1-2,9,13,16,18,25-26H,3-8,10-11H2,(H,27,29,30). The Morgan fingerprint density at radius 1 is 1.13 bits per heavy atom. The molecule has 7 nitrogen and oxygen atoms in total. The quantitative estimate of drug-likeness (QED) is 0.606. The van der Waals surface area contributed by atoms with E-state index in [0.717, 1.165) is 5.56 Å². The van der Waals surface area contributed by atoms with Gasteiger partial charge < -0.3 is 15.5 Å². The molecule has 2 fully saturated rings. The average molecular weight is 438 g/mol. The first kappa shape index (κ1) is 21.8. The summed E-state index contributed by atoms with van der Waals surface area (Å²) in [6.45, 7) is 1.38. The van der Waals surface area contributed by atoms with Gasteiger partial charge in [0.15, 0.2) is 0 Å². The third kappa shape index (κ3) is 4.59. The SMILES string of the molecule is O=C1CCC(N2Cc3ccc(CNC(C4CCNCC4)C(F)(F)F)cc3C2=O)C(=O)N1. The van der Waals surface area contributed by atoms with Crippen molar-refractivity contribution in [3.8, 4) is 0 Å². The zero-order chi connectivity index (χ0) is 22.2. The minimum atomic E-state index is -4.35. The Morgan fingerprint density at radius 3 is 2.55 bits per heavy atom. The largest absolute Gasteiger partial charge is 0.404 e. The van der Waals surface area contributed by atoms with Crippen LogP contribution in [0.2, 0.25) is 0 Å². The minimum absolute atomic E-state index is 0.00686. The second-order valence-corrected chi connectivity index (χ2v) is 8.38. The Morgan fingerprint density at radius 2 is 1.87 bits per heavy atom. The van der Waals surface area contributed by atoms with E-state index in [1.807, 2.05) is 0 Å². The van der Waals surface area contributed by atoms with E-state index in [9.17, 15) is 27.6 Å². The van der Waals surface area contributed by atoms with Gasteiger partial charge in [-0.15, -0.1) is 0 Å². The maximum Gasteiger partial charge on any atom is 0.404 e. The summed E-state index contributed by atoms with van der Waals surface area (Å²) in [5.74, 6) is -1.67. The van der Waals surface area contributed by atoms with E-state index in [1.165, 1.54) is 4.90 Å². The maximum absolute atomic E-state index is 13.6. The monoisotopic (exact) mass is 438 g/mol. The molecule has 10 heteroatoms. The highest BCUT2D eigenvalue weighted by molar-refractivity contribution is 6.05. The van der Waals surface area contributed by atoms with Crippen molar-refractivity contribution in [1.29, 1.82) is 0 Å². The van der Waals surface area contributed by atoms with Crippen LogP contribution in [-0.2, 0) is 22.7 Å². The lowest BCUT2D eigenvalue weighted by atomic mass is 9.89. The summed E-state index contributed by atoms with van der Waals surface area (Å²) in [6, 6.07) is 2.73. The Kier molecular flexibility index (Phi) is 6.02. The van der Waals surface area contributed by atoms with Crippen LogP contribution in [0.15, 0.2) is 18.2 Å². The molecule has 0 bridgehead atoms. The van der Waals surface area contributed by atoms with Crippen molar-refractivity contribution in [3.05, 3.63) is 34.9 Å². The topological polar surface area (TPSA) is 90.5 Å². The van der Waals surface area contributed by atoms with Crippen molar-refractivity contribution in [2.45, 2.75) is 57.0 Å². The van der Waals surface area contributed by atoms with Crippen LogP contribution < -0.4 is 16.0 Å². The van der Waals surface area contributed by atoms with Gasteiger partial charge in [-0.05, 0) is 55.5 Å². The Labute approximate surface area is 177 Å². The van der Waals surface area contributed by atoms with E-state index in [4.69, 9.17) is 0 Å². The Balaban J connectivity index is 1.45. The summed E-state index contributed by atoms with van der Waals surface area (Å²) in [7, 11) is 0. The summed E-state index contributed by atoms with van der Waals surface area (Å²) >= 11 is 0. The molecule has 3 aliphatic heterocycles. The first-order chi connectivity index (χ1) is 14.7. The van der Waals surface area contributed by atoms with Crippen LogP contribution in [0.3, 0.4) is 0 Å². The number of amides is 3. The number of fused-ring (bicyclic) bond motifs is 1. The fourth-order valence-corrected chi connectivity index (χ4v) is 4.67. The second-order valence-electron chi connectivity index (χ2n) is 8.38.